The molecule has 1 aliphatic heterocycles. The van der Waals surface area contributed by atoms with Gasteiger partial charge in [0.05, 0.1) is 40.2 Å². The van der Waals surface area contributed by atoms with Crippen LogP contribution in [0.3, 0.4) is 0 Å². The zero-order valence-corrected chi connectivity index (χ0v) is 31.3. The predicted octanol–water partition coefficient (Wildman–Crippen LogP) is 8.64. The Morgan fingerprint density at radius 2 is 1.63 bits per heavy atom. The van der Waals surface area contributed by atoms with E-state index in [9.17, 15) is 22.8 Å². The van der Waals surface area contributed by atoms with Gasteiger partial charge in [-0.3, -0.25) is 14.5 Å². The molecule has 0 saturated carbocycles. The van der Waals surface area contributed by atoms with Crippen LogP contribution >= 0.6 is 28.6 Å². The lowest BCUT2D eigenvalue weighted by Crippen LogP contribution is -2.48. The van der Waals surface area contributed by atoms with E-state index in [1.807, 2.05) is 46.8 Å². The number of halogens is 5. The van der Waals surface area contributed by atoms with Crippen molar-refractivity contribution in [3.05, 3.63) is 112 Å². The third kappa shape index (κ3) is 8.71. The number of carbonyl (C=O) groups is 2. The first-order chi connectivity index (χ1) is 24.4. The summed E-state index contributed by atoms with van der Waals surface area (Å²) < 4.78 is 52.6. The summed E-state index contributed by atoms with van der Waals surface area (Å²) in [4.78, 5) is 36.4. The number of pyridine rings is 1. The molecule has 0 N–H and O–H groups in total. The first kappa shape index (κ1) is 38.6. The standard InChI is InChI=1S/C38H37ClF3N5O4.BrH/c1-4-19-50-29-10-5-25(6-11-29)24-46-15-17-47(18-16-46)37(49)34-20-26-7-12-30(22-33(26)45(34)3)51-35-14-9-28(23-43-35)44(2)36(48)31-13-8-27(21-32(31)39)38(40,41)42;/h5-14,20-23H,4,15-19,24H2,1-3H3;1H. The van der Waals surface area contributed by atoms with E-state index in [2.05, 4.69) is 28.9 Å². The number of hydrogen-bond donors (Lipinski definition) is 0. The minimum atomic E-state index is -4.57. The second-order valence-electron chi connectivity index (χ2n) is 12.4. The summed E-state index contributed by atoms with van der Waals surface area (Å²) >= 11 is 6.02. The van der Waals surface area contributed by atoms with Crippen LogP contribution in [0.2, 0.25) is 5.02 Å². The molecule has 0 radical (unpaired) electrons. The highest BCUT2D eigenvalue weighted by molar-refractivity contribution is 8.93. The molecule has 14 heteroatoms. The monoisotopic (exact) mass is 799 g/mol. The van der Waals surface area contributed by atoms with E-state index in [0.29, 0.717) is 36.8 Å². The third-order valence-corrected chi connectivity index (χ3v) is 9.17. The van der Waals surface area contributed by atoms with Gasteiger partial charge in [-0.05, 0) is 66.6 Å². The Hall–Kier alpha value is -4.59. The second kappa shape index (κ2) is 16.4. The van der Waals surface area contributed by atoms with E-state index in [1.54, 1.807) is 18.2 Å². The molecule has 0 bridgehead atoms. The lowest BCUT2D eigenvalue weighted by atomic mass is 10.1. The number of amides is 2. The number of rotatable bonds is 10. The average Bonchev–Trinajstić information content (AvgIpc) is 3.45. The lowest BCUT2D eigenvalue weighted by molar-refractivity contribution is -0.137. The topological polar surface area (TPSA) is 80.1 Å². The van der Waals surface area contributed by atoms with Gasteiger partial charge in [-0.2, -0.15) is 13.2 Å². The highest BCUT2D eigenvalue weighted by Crippen LogP contribution is 2.33. The Balaban J connectivity index is 0.00000523. The van der Waals surface area contributed by atoms with Crippen molar-refractivity contribution in [3.8, 4) is 17.4 Å². The average molecular weight is 801 g/mol. The van der Waals surface area contributed by atoms with Crippen molar-refractivity contribution >= 4 is 57.0 Å². The maximum atomic E-state index is 13.6. The van der Waals surface area contributed by atoms with E-state index in [0.717, 1.165) is 60.9 Å². The normalized spacial score (nSPS) is 13.5. The number of nitrogens with zero attached hydrogens (tertiary/aromatic N) is 5. The lowest BCUT2D eigenvalue weighted by Gasteiger charge is -2.34. The number of hydrogen-bond acceptors (Lipinski definition) is 6. The fourth-order valence-corrected chi connectivity index (χ4v) is 6.20. The molecule has 2 amide bonds. The summed E-state index contributed by atoms with van der Waals surface area (Å²) in [6, 6.07) is 21.4. The summed E-state index contributed by atoms with van der Waals surface area (Å²) in [6.07, 6.45) is -2.18. The van der Waals surface area contributed by atoms with Crippen molar-refractivity contribution < 1.29 is 32.2 Å². The molecule has 1 aliphatic rings. The highest BCUT2D eigenvalue weighted by atomic mass is 79.9. The van der Waals surface area contributed by atoms with Gasteiger partial charge >= 0.3 is 6.18 Å². The highest BCUT2D eigenvalue weighted by Gasteiger charge is 2.32. The first-order valence-electron chi connectivity index (χ1n) is 16.5. The van der Waals surface area contributed by atoms with Gasteiger partial charge < -0.3 is 23.8 Å². The summed E-state index contributed by atoms with van der Waals surface area (Å²) in [7, 11) is 3.33. The molecule has 0 atom stereocenters. The van der Waals surface area contributed by atoms with E-state index in [4.69, 9.17) is 21.1 Å². The van der Waals surface area contributed by atoms with Crippen LogP contribution in [-0.2, 0) is 19.8 Å². The van der Waals surface area contributed by atoms with Gasteiger partial charge in [0.25, 0.3) is 11.8 Å². The SMILES string of the molecule is Br.CCCOc1ccc(CN2CCN(C(=O)c3cc4ccc(Oc5ccc(N(C)C(=O)c6ccc(C(F)(F)F)cc6Cl)cn5)cc4n3C)CC2)cc1. The number of alkyl halides is 3. The minimum Gasteiger partial charge on any atom is -0.494 e. The number of ether oxygens (including phenoxy) is 2. The van der Waals surface area contributed by atoms with Crippen LogP contribution in [0.1, 0.15) is 45.3 Å². The molecular formula is C38H38BrClF3N5O4. The van der Waals surface area contributed by atoms with Gasteiger partial charge in [-0.15, -0.1) is 17.0 Å². The van der Waals surface area contributed by atoms with Crippen molar-refractivity contribution in [2.45, 2.75) is 26.1 Å². The van der Waals surface area contributed by atoms with E-state index < -0.39 is 17.6 Å². The first-order valence-corrected chi connectivity index (χ1v) is 16.9. The number of benzene rings is 3. The summed E-state index contributed by atoms with van der Waals surface area (Å²) in [6.45, 7) is 6.42. The zero-order chi connectivity index (χ0) is 36.3. The molecule has 9 nitrogen and oxygen atoms in total. The van der Waals surface area contributed by atoms with Crippen LogP contribution in [0, 0.1) is 0 Å². The number of piperazine rings is 1. The van der Waals surface area contributed by atoms with Gasteiger partial charge in [-0.1, -0.05) is 30.7 Å². The molecule has 6 rings (SSSR count). The second-order valence-corrected chi connectivity index (χ2v) is 12.8. The Morgan fingerprint density at radius 3 is 2.27 bits per heavy atom. The van der Waals surface area contributed by atoms with Crippen molar-refractivity contribution in [1.29, 1.82) is 0 Å². The minimum absolute atomic E-state index is 0. The molecule has 52 heavy (non-hydrogen) atoms. The molecule has 1 fully saturated rings. The summed E-state index contributed by atoms with van der Waals surface area (Å²) in [5.41, 5.74) is 1.99. The molecule has 1 saturated heterocycles. The van der Waals surface area contributed by atoms with Crippen molar-refractivity contribution in [2.24, 2.45) is 7.05 Å². The van der Waals surface area contributed by atoms with Gasteiger partial charge in [0.1, 0.15) is 17.2 Å². The van der Waals surface area contributed by atoms with E-state index >= 15 is 0 Å². The summed E-state index contributed by atoms with van der Waals surface area (Å²) in [5, 5.41) is 0.591. The Morgan fingerprint density at radius 1 is 0.923 bits per heavy atom. The van der Waals surface area contributed by atoms with Gasteiger partial charge in [0.2, 0.25) is 5.88 Å². The van der Waals surface area contributed by atoms with Crippen LogP contribution in [0.5, 0.6) is 17.4 Å². The number of fused-ring (bicyclic) bond motifs is 1. The molecule has 0 aliphatic carbocycles. The molecule has 274 valence electrons. The molecule has 0 unspecified atom stereocenters. The van der Waals surface area contributed by atoms with Crippen LogP contribution in [0.15, 0.2) is 85.1 Å². The largest absolute Gasteiger partial charge is 0.494 e. The number of carbonyl (C=O) groups excluding carboxylic acids is 2. The van der Waals surface area contributed by atoms with Crippen LogP contribution in [0.25, 0.3) is 10.9 Å². The van der Waals surface area contributed by atoms with Crippen molar-refractivity contribution in [1.82, 2.24) is 19.4 Å². The van der Waals surface area contributed by atoms with Crippen LogP contribution in [-0.4, -0.2) is 71.0 Å². The molecule has 5 aromatic rings. The maximum absolute atomic E-state index is 13.6. The van der Waals surface area contributed by atoms with Crippen LogP contribution < -0.4 is 14.4 Å². The third-order valence-electron chi connectivity index (χ3n) is 8.86. The molecule has 2 aromatic heterocycles. The number of aromatic nitrogens is 2. The smallest absolute Gasteiger partial charge is 0.416 e. The predicted molar refractivity (Wildman–Crippen MR) is 200 cm³/mol. The zero-order valence-electron chi connectivity index (χ0n) is 28.8. The molecule has 0 spiro atoms. The van der Waals surface area contributed by atoms with Gasteiger partial charge in [-0.25, -0.2) is 4.98 Å². The quantitative estimate of drug-likeness (QED) is 0.141. The number of aryl methyl sites for hydroxylation is 1. The molecule has 3 heterocycles. The Kier molecular flexibility index (Phi) is 12.2. The molecular weight excluding hydrogens is 763 g/mol. The van der Waals surface area contributed by atoms with Gasteiger partial charge in [0.15, 0.2) is 0 Å². The molecule has 3 aromatic carbocycles. The summed E-state index contributed by atoms with van der Waals surface area (Å²) in [5.74, 6) is 1.02. The maximum Gasteiger partial charge on any atom is 0.416 e. The van der Waals surface area contributed by atoms with Crippen molar-refractivity contribution in [3.63, 3.8) is 0 Å². The Bertz CT molecular complexity index is 2030. The van der Waals surface area contributed by atoms with Crippen molar-refractivity contribution in [2.75, 3.05) is 44.7 Å². The van der Waals surface area contributed by atoms with E-state index in [-0.39, 0.29) is 39.4 Å². The van der Waals surface area contributed by atoms with Crippen LogP contribution in [0.4, 0.5) is 18.9 Å². The van der Waals surface area contributed by atoms with E-state index in [1.165, 1.54) is 23.7 Å². The number of anilines is 1. The Labute approximate surface area is 315 Å². The fourth-order valence-electron chi connectivity index (χ4n) is 5.93. The fraction of sp³-hybridized carbons (Fsp3) is 0.289. The van der Waals surface area contributed by atoms with Gasteiger partial charge in [0, 0.05) is 64.3 Å².